The molecule has 0 N–H and O–H groups in total. The van der Waals surface area contributed by atoms with E-state index in [0.29, 0.717) is 6.29 Å². The number of aldehydes is 1. The Bertz CT molecular complexity index is 530. The molecule has 0 saturated carbocycles. The Kier molecular flexibility index (Phi) is 3.74. The average Bonchev–Trinajstić information content (AvgIpc) is 2.88. The largest absolute Gasteiger partial charge is 0.467 e. The molecule has 0 unspecified atom stereocenters. The molecular weight excluding hydrogens is 262 g/mol. The number of carbonyl (C=O) groups excluding carboxylic acids is 3. The molecule has 106 valence electrons. The highest BCUT2D eigenvalue weighted by Crippen LogP contribution is 2.34. The number of rotatable bonds is 4. The van der Waals surface area contributed by atoms with Crippen molar-refractivity contribution in [3.05, 3.63) is 35.9 Å². The normalized spacial score (nSPS) is 21.0. The molecule has 6 heteroatoms. The maximum atomic E-state index is 11.9. The lowest BCUT2D eigenvalue weighted by Gasteiger charge is -2.33. The molecule has 0 spiro atoms. The molecule has 1 aliphatic heterocycles. The monoisotopic (exact) mass is 277 g/mol. The Morgan fingerprint density at radius 3 is 2.65 bits per heavy atom. The predicted molar refractivity (Wildman–Crippen MR) is 68.9 cm³/mol. The van der Waals surface area contributed by atoms with E-state index in [2.05, 4.69) is 4.74 Å². The summed E-state index contributed by atoms with van der Waals surface area (Å²) in [4.78, 5) is 36.3. The van der Waals surface area contributed by atoms with Gasteiger partial charge in [0.25, 0.3) is 0 Å². The zero-order valence-corrected chi connectivity index (χ0v) is 11.2. The van der Waals surface area contributed by atoms with Crippen LogP contribution < -0.4 is 0 Å². The van der Waals surface area contributed by atoms with Crippen molar-refractivity contribution in [2.24, 2.45) is 0 Å². The maximum absolute atomic E-state index is 11.9. The van der Waals surface area contributed by atoms with Gasteiger partial charge < -0.3 is 14.3 Å². The summed E-state index contributed by atoms with van der Waals surface area (Å²) >= 11 is 0. The smallest absolute Gasteiger partial charge is 0.411 e. The third kappa shape index (κ3) is 2.13. The lowest BCUT2D eigenvalue weighted by Crippen LogP contribution is -2.55. The van der Waals surface area contributed by atoms with E-state index in [-0.39, 0.29) is 6.61 Å². The van der Waals surface area contributed by atoms with Crippen molar-refractivity contribution in [3.8, 4) is 0 Å². The first-order chi connectivity index (χ1) is 9.54. The summed E-state index contributed by atoms with van der Waals surface area (Å²) < 4.78 is 9.63. The van der Waals surface area contributed by atoms with Gasteiger partial charge in [-0.15, -0.1) is 0 Å². The second-order valence-corrected chi connectivity index (χ2v) is 4.63. The molecule has 2 atom stereocenters. The fourth-order valence-electron chi connectivity index (χ4n) is 2.27. The second-order valence-electron chi connectivity index (χ2n) is 4.63. The van der Waals surface area contributed by atoms with Gasteiger partial charge in [-0.25, -0.2) is 9.59 Å². The van der Waals surface area contributed by atoms with Crippen LogP contribution in [-0.2, 0) is 19.1 Å². The number of ether oxygens (including phenoxy) is 2. The van der Waals surface area contributed by atoms with Gasteiger partial charge in [-0.3, -0.25) is 4.90 Å². The fraction of sp³-hybridized carbons (Fsp3) is 0.357. The molecule has 20 heavy (non-hydrogen) atoms. The molecule has 1 aromatic carbocycles. The second kappa shape index (κ2) is 5.32. The van der Waals surface area contributed by atoms with Crippen LogP contribution in [0.1, 0.15) is 18.5 Å². The minimum absolute atomic E-state index is 0.0866. The number of methoxy groups -OCH3 is 1. The SMILES string of the molecule is COC(=O)[C@@](C)(C=O)N1C(=O)OC[C@H]1c1ccccc1. The molecule has 1 aliphatic rings. The van der Waals surface area contributed by atoms with Crippen molar-refractivity contribution in [3.63, 3.8) is 0 Å². The van der Waals surface area contributed by atoms with Gasteiger partial charge in [0.1, 0.15) is 6.61 Å². The van der Waals surface area contributed by atoms with Gasteiger partial charge in [0.05, 0.1) is 13.2 Å². The lowest BCUT2D eigenvalue weighted by molar-refractivity contribution is -0.155. The Labute approximate surface area is 116 Å². The van der Waals surface area contributed by atoms with E-state index in [4.69, 9.17) is 4.74 Å². The molecule has 0 radical (unpaired) electrons. The molecule has 0 bridgehead atoms. The summed E-state index contributed by atoms with van der Waals surface area (Å²) in [5.41, 5.74) is -0.918. The highest BCUT2D eigenvalue weighted by Gasteiger charge is 2.51. The van der Waals surface area contributed by atoms with Gasteiger partial charge >= 0.3 is 12.1 Å². The zero-order chi connectivity index (χ0) is 14.8. The molecule has 1 heterocycles. The number of hydrogen-bond donors (Lipinski definition) is 0. The van der Waals surface area contributed by atoms with Gasteiger partial charge in [-0.2, -0.15) is 0 Å². The number of hydrogen-bond acceptors (Lipinski definition) is 5. The predicted octanol–water partition coefficient (Wildman–Crippen LogP) is 1.31. The van der Waals surface area contributed by atoms with E-state index in [1.165, 1.54) is 14.0 Å². The molecule has 2 rings (SSSR count). The van der Waals surface area contributed by atoms with Crippen LogP contribution >= 0.6 is 0 Å². The van der Waals surface area contributed by atoms with Gasteiger partial charge in [0.15, 0.2) is 11.8 Å². The molecule has 1 aromatic rings. The number of nitrogens with zero attached hydrogens (tertiary/aromatic N) is 1. The van der Waals surface area contributed by atoms with Crippen LogP contribution in [0.2, 0.25) is 0 Å². The molecule has 6 nitrogen and oxygen atoms in total. The number of amides is 1. The summed E-state index contributed by atoms with van der Waals surface area (Å²) in [7, 11) is 1.17. The van der Waals surface area contributed by atoms with Crippen LogP contribution in [0.5, 0.6) is 0 Å². The van der Waals surface area contributed by atoms with E-state index in [9.17, 15) is 14.4 Å². The Morgan fingerprint density at radius 1 is 1.45 bits per heavy atom. The molecule has 1 saturated heterocycles. The van der Waals surface area contributed by atoms with Crippen LogP contribution in [0.15, 0.2) is 30.3 Å². The van der Waals surface area contributed by atoms with Crippen molar-refractivity contribution in [1.29, 1.82) is 0 Å². The van der Waals surface area contributed by atoms with Gasteiger partial charge in [0.2, 0.25) is 0 Å². The van der Waals surface area contributed by atoms with E-state index < -0.39 is 23.6 Å². The first kappa shape index (κ1) is 14.0. The number of cyclic esters (lactones) is 1. The lowest BCUT2D eigenvalue weighted by atomic mass is 9.97. The average molecular weight is 277 g/mol. The number of esters is 1. The van der Waals surface area contributed by atoms with Crippen LogP contribution in [0.3, 0.4) is 0 Å². The van der Waals surface area contributed by atoms with Gasteiger partial charge in [-0.1, -0.05) is 30.3 Å². The Balaban J connectivity index is 2.43. The topological polar surface area (TPSA) is 72.9 Å². The Morgan fingerprint density at radius 2 is 2.10 bits per heavy atom. The molecule has 1 amide bonds. The van der Waals surface area contributed by atoms with E-state index >= 15 is 0 Å². The number of carbonyl (C=O) groups is 3. The molecule has 0 aromatic heterocycles. The minimum Gasteiger partial charge on any atom is -0.467 e. The quantitative estimate of drug-likeness (QED) is 0.471. The summed E-state index contributed by atoms with van der Waals surface area (Å²) in [6.45, 7) is 1.43. The van der Waals surface area contributed by atoms with Crippen molar-refractivity contribution in [2.75, 3.05) is 13.7 Å². The molecular formula is C14H15NO5. The third-order valence-electron chi connectivity index (χ3n) is 3.39. The van der Waals surface area contributed by atoms with E-state index in [1.54, 1.807) is 0 Å². The maximum Gasteiger partial charge on any atom is 0.411 e. The van der Waals surface area contributed by atoms with Crippen LogP contribution in [0.4, 0.5) is 4.79 Å². The van der Waals surface area contributed by atoms with E-state index in [1.807, 2.05) is 30.3 Å². The first-order valence-electron chi connectivity index (χ1n) is 6.10. The zero-order valence-electron chi connectivity index (χ0n) is 11.2. The van der Waals surface area contributed by atoms with Crippen molar-refractivity contribution in [1.82, 2.24) is 4.90 Å². The van der Waals surface area contributed by atoms with Crippen molar-refractivity contribution < 1.29 is 23.9 Å². The van der Waals surface area contributed by atoms with Crippen LogP contribution in [0.25, 0.3) is 0 Å². The van der Waals surface area contributed by atoms with Gasteiger partial charge in [0, 0.05) is 0 Å². The Hall–Kier alpha value is -2.37. The first-order valence-corrected chi connectivity index (χ1v) is 6.10. The minimum atomic E-state index is -1.71. The molecule has 0 aliphatic carbocycles. The summed E-state index contributed by atoms with van der Waals surface area (Å²) in [5, 5.41) is 0. The number of benzene rings is 1. The standard InChI is InChI=1S/C14H15NO5/c1-14(9-16,12(17)19-2)15-11(8-20-13(15)18)10-6-4-3-5-7-10/h3-7,9,11H,8H2,1-2H3/t11-,14+/m0/s1. The molecule has 1 fully saturated rings. The highest BCUT2D eigenvalue weighted by molar-refractivity contribution is 6.01. The van der Waals surface area contributed by atoms with Crippen LogP contribution in [-0.4, -0.2) is 42.5 Å². The van der Waals surface area contributed by atoms with E-state index in [0.717, 1.165) is 10.5 Å². The fourth-order valence-corrected chi connectivity index (χ4v) is 2.27. The highest BCUT2D eigenvalue weighted by atomic mass is 16.6. The van der Waals surface area contributed by atoms with Crippen molar-refractivity contribution >= 4 is 18.3 Å². The summed E-state index contributed by atoms with van der Waals surface area (Å²) in [6, 6.07) is 8.58. The van der Waals surface area contributed by atoms with Crippen molar-refractivity contribution in [2.45, 2.75) is 18.5 Å². The summed E-state index contributed by atoms with van der Waals surface area (Å²) in [5.74, 6) is -0.799. The van der Waals surface area contributed by atoms with Crippen LogP contribution in [0, 0.1) is 0 Å². The van der Waals surface area contributed by atoms with Gasteiger partial charge in [-0.05, 0) is 12.5 Å². The third-order valence-corrected chi connectivity index (χ3v) is 3.39. The summed E-state index contributed by atoms with van der Waals surface area (Å²) in [6.07, 6.45) is -0.305.